The molecular formula is C15H10ClF3N2O2. The summed E-state index contributed by atoms with van der Waals surface area (Å²) >= 11 is 6.02. The van der Waals surface area contributed by atoms with E-state index in [2.05, 4.69) is 5.10 Å². The highest BCUT2D eigenvalue weighted by atomic mass is 35.5. The zero-order valence-electron chi connectivity index (χ0n) is 12.0. The van der Waals surface area contributed by atoms with Gasteiger partial charge in [0.2, 0.25) is 5.71 Å². The third-order valence-electron chi connectivity index (χ3n) is 3.44. The first-order valence-corrected chi connectivity index (χ1v) is 6.93. The second-order valence-corrected chi connectivity index (χ2v) is 5.53. The van der Waals surface area contributed by atoms with Gasteiger partial charge in [-0.1, -0.05) is 17.7 Å². The topological polar surface area (TPSA) is 48.0 Å². The number of aromatic nitrogens is 2. The van der Waals surface area contributed by atoms with Gasteiger partial charge in [0.05, 0.1) is 11.1 Å². The van der Waals surface area contributed by atoms with E-state index in [4.69, 9.17) is 16.0 Å². The van der Waals surface area contributed by atoms with Crippen molar-refractivity contribution in [2.24, 2.45) is 0 Å². The molecule has 0 saturated heterocycles. The van der Waals surface area contributed by atoms with Crippen LogP contribution in [0.4, 0.5) is 13.2 Å². The first kappa shape index (κ1) is 15.6. The fourth-order valence-corrected chi connectivity index (χ4v) is 2.49. The summed E-state index contributed by atoms with van der Waals surface area (Å²) < 4.78 is 45.7. The quantitative estimate of drug-likeness (QED) is 0.663. The molecule has 0 aliphatic carbocycles. The molecule has 3 aromatic rings. The Morgan fingerprint density at radius 2 is 1.87 bits per heavy atom. The number of alkyl halides is 3. The maximum absolute atomic E-state index is 13.2. The van der Waals surface area contributed by atoms with Gasteiger partial charge in [0.15, 0.2) is 5.69 Å². The second kappa shape index (κ2) is 5.13. The minimum atomic E-state index is -4.68. The van der Waals surface area contributed by atoms with E-state index in [9.17, 15) is 18.0 Å². The van der Waals surface area contributed by atoms with Crippen molar-refractivity contribution in [3.05, 3.63) is 56.5 Å². The average Bonchev–Trinajstić information content (AvgIpc) is 2.81. The molecule has 0 radical (unpaired) electrons. The molecule has 120 valence electrons. The van der Waals surface area contributed by atoms with E-state index in [1.807, 2.05) is 0 Å². The monoisotopic (exact) mass is 342 g/mol. The predicted octanol–water partition coefficient (Wildman–Crippen LogP) is 4.27. The van der Waals surface area contributed by atoms with Gasteiger partial charge in [-0.15, -0.1) is 0 Å². The van der Waals surface area contributed by atoms with Crippen LogP contribution in [-0.2, 0) is 6.18 Å². The van der Waals surface area contributed by atoms with Crippen molar-refractivity contribution in [2.75, 3.05) is 0 Å². The Morgan fingerprint density at radius 3 is 2.48 bits per heavy atom. The zero-order valence-corrected chi connectivity index (χ0v) is 12.8. The van der Waals surface area contributed by atoms with Crippen LogP contribution in [0.1, 0.15) is 16.8 Å². The minimum Gasteiger partial charge on any atom is -0.403 e. The Labute approximate surface area is 133 Å². The Balaban J connectivity index is 2.41. The number of aryl methyl sites for hydroxylation is 2. The van der Waals surface area contributed by atoms with E-state index < -0.39 is 17.5 Å². The molecular weight excluding hydrogens is 333 g/mol. The van der Waals surface area contributed by atoms with Crippen molar-refractivity contribution in [1.29, 1.82) is 0 Å². The van der Waals surface area contributed by atoms with Crippen LogP contribution in [0.15, 0.2) is 33.5 Å². The number of rotatable bonds is 1. The van der Waals surface area contributed by atoms with Crippen molar-refractivity contribution < 1.29 is 17.6 Å². The van der Waals surface area contributed by atoms with E-state index in [-0.39, 0.29) is 22.4 Å². The molecule has 0 N–H and O–H groups in total. The number of nitrogens with zero attached hydrogens (tertiary/aromatic N) is 2. The van der Waals surface area contributed by atoms with Crippen LogP contribution in [0.5, 0.6) is 0 Å². The first-order chi connectivity index (χ1) is 10.7. The van der Waals surface area contributed by atoms with Crippen molar-refractivity contribution in [3.63, 3.8) is 0 Å². The van der Waals surface area contributed by atoms with Gasteiger partial charge < -0.3 is 4.42 Å². The Morgan fingerprint density at radius 1 is 1.17 bits per heavy atom. The average molecular weight is 343 g/mol. The summed E-state index contributed by atoms with van der Waals surface area (Å²) in [4.78, 5) is 11.6. The van der Waals surface area contributed by atoms with E-state index >= 15 is 0 Å². The Hall–Kier alpha value is -2.28. The molecule has 0 aliphatic rings. The molecule has 3 rings (SSSR count). The van der Waals surface area contributed by atoms with Crippen LogP contribution in [0.2, 0.25) is 5.02 Å². The van der Waals surface area contributed by atoms with Gasteiger partial charge in [-0.3, -0.25) is 0 Å². The summed E-state index contributed by atoms with van der Waals surface area (Å²) in [6.07, 6.45) is -4.68. The van der Waals surface area contributed by atoms with Crippen molar-refractivity contribution in [1.82, 2.24) is 9.78 Å². The molecule has 23 heavy (non-hydrogen) atoms. The van der Waals surface area contributed by atoms with E-state index in [0.717, 1.165) is 16.3 Å². The van der Waals surface area contributed by atoms with Crippen molar-refractivity contribution in [2.45, 2.75) is 20.0 Å². The van der Waals surface area contributed by atoms with Crippen molar-refractivity contribution in [3.8, 4) is 5.69 Å². The zero-order chi connectivity index (χ0) is 16.9. The number of benzene rings is 1. The molecule has 0 aliphatic heterocycles. The van der Waals surface area contributed by atoms with E-state index in [1.54, 1.807) is 19.1 Å². The highest BCUT2D eigenvalue weighted by Crippen LogP contribution is 2.36. The van der Waals surface area contributed by atoms with Gasteiger partial charge in [0.1, 0.15) is 0 Å². The van der Waals surface area contributed by atoms with Gasteiger partial charge in [-0.25, -0.2) is 4.79 Å². The third-order valence-corrected chi connectivity index (χ3v) is 3.84. The van der Waals surface area contributed by atoms with Gasteiger partial charge in [-0.05, 0) is 37.1 Å². The smallest absolute Gasteiger partial charge is 0.403 e. The fourth-order valence-electron chi connectivity index (χ4n) is 2.31. The summed E-state index contributed by atoms with van der Waals surface area (Å²) in [7, 11) is 0. The highest BCUT2D eigenvalue weighted by molar-refractivity contribution is 6.31. The fraction of sp³-hybridized carbons (Fsp3) is 0.200. The molecule has 0 atom stereocenters. The van der Waals surface area contributed by atoms with Crippen molar-refractivity contribution >= 4 is 22.7 Å². The SMILES string of the molecule is Cc1ccc(-n2nc(C(F)(F)F)c3c(C)cc(=O)oc32)cc1Cl. The summed E-state index contributed by atoms with van der Waals surface area (Å²) in [5.41, 5.74) is -0.931. The molecule has 0 bridgehead atoms. The van der Waals surface area contributed by atoms with Crippen LogP contribution in [0.25, 0.3) is 16.8 Å². The van der Waals surface area contributed by atoms with Gasteiger partial charge in [0, 0.05) is 11.1 Å². The maximum atomic E-state index is 13.2. The third kappa shape index (κ3) is 2.61. The lowest BCUT2D eigenvalue weighted by molar-refractivity contribution is -0.140. The van der Waals surface area contributed by atoms with Crippen LogP contribution >= 0.6 is 11.6 Å². The van der Waals surface area contributed by atoms with Crippen LogP contribution in [-0.4, -0.2) is 9.78 Å². The molecule has 2 heterocycles. The summed E-state index contributed by atoms with van der Waals surface area (Å²) in [5, 5.41) is 3.73. The number of hydrogen-bond donors (Lipinski definition) is 0. The minimum absolute atomic E-state index is 0.146. The van der Waals surface area contributed by atoms with Crippen LogP contribution < -0.4 is 5.63 Å². The van der Waals surface area contributed by atoms with E-state index in [1.165, 1.54) is 13.0 Å². The summed E-state index contributed by atoms with van der Waals surface area (Å²) in [6, 6.07) is 5.67. The normalized spacial score (nSPS) is 12.1. The van der Waals surface area contributed by atoms with E-state index in [0.29, 0.717) is 5.02 Å². The molecule has 0 spiro atoms. The largest absolute Gasteiger partial charge is 0.435 e. The Kier molecular flexibility index (Phi) is 3.48. The molecule has 0 saturated carbocycles. The van der Waals surface area contributed by atoms with Gasteiger partial charge in [0.25, 0.3) is 0 Å². The lowest BCUT2D eigenvalue weighted by atomic mass is 10.1. The lowest BCUT2D eigenvalue weighted by Crippen LogP contribution is -2.08. The van der Waals surface area contributed by atoms with Crippen LogP contribution in [0.3, 0.4) is 0 Å². The molecule has 8 heteroatoms. The van der Waals surface area contributed by atoms with Gasteiger partial charge in [-0.2, -0.15) is 23.0 Å². The van der Waals surface area contributed by atoms with Crippen LogP contribution in [0, 0.1) is 13.8 Å². The molecule has 0 unspecified atom stereocenters. The molecule has 4 nitrogen and oxygen atoms in total. The molecule has 1 aromatic carbocycles. The Bertz CT molecular complexity index is 973. The lowest BCUT2D eigenvalue weighted by Gasteiger charge is -2.05. The molecule has 0 fully saturated rings. The standard InChI is InChI=1S/C15H10ClF3N2O2/c1-7-3-4-9(6-10(7)16)21-14-12(8(2)5-11(22)23-14)13(20-21)15(17,18)19/h3-6H,1-2H3. The number of halogens is 4. The summed E-state index contributed by atoms with van der Waals surface area (Å²) in [5.74, 6) is 0. The highest BCUT2D eigenvalue weighted by Gasteiger charge is 2.38. The molecule has 2 aromatic heterocycles. The number of hydrogen-bond acceptors (Lipinski definition) is 3. The number of fused-ring (bicyclic) bond motifs is 1. The second-order valence-electron chi connectivity index (χ2n) is 5.12. The summed E-state index contributed by atoms with van der Waals surface area (Å²) in [6.45, 7) is 3.17. The molecule has 0 amide bonds. The first-order valence-electron chi connectivity index (χ1n) is 6.55. The van der Waals surface area contributed by atoms with Gasteiger partial charge >= 0.3 is 11.8 Å². The maximum Gasteiger partial charge on any atom is 0.435 e. The predicted molar refractivity (Wildman–Crippen MR) is 79.1 cm³/mol.